The van der Waals surface area contributed by atoms with Gasteiger partial charge in [-0.05, 0) is 33.1 Å². The van der Waals surface area contributed by atoms with Gasteiger partial charge in [0.1, 0.15) is 24.2 Å². The number of hydrogen-bond acceptors (Lipinski definition) is 17. The number of aliphatic hydroxyl groups is 10. The Morgan fingerprint density at radius 3 is 1.81 bits per heavy atom. The highest BCUT2D eigenvalue weighted by Crippen LogP contribution is 2.38. The van der Waals surface area contributed by atoms with Gasteiger partial charge in [0.25, 0.3) is 0 Å². The minimum Gasteiger partial charge on any atom is -0.481 e. The molecule has 1 amide bonds. The molecule has 0 saturated carbocycles. The first-order valence-electron chi connectivity index (χ1n) is 23.2. The maximum Gasteiger partial charge on any atom is 0.311 e. The van der Waals surface area contributed by atoms with Crippen molar-refractivity contribution in [2.75, 3.05) is 0 Å². The van der Waals surface area contributed by atoms with Gasteiger partial charge in [-0.25, -0.2) is 0 Å². The van der Waals surface area contributed by atoms with Crippen LogP contribution in [0.4, 0.5) is 0 Å². The van der Waals surface area contributed by atoms with Crippen molar-refractivity contribution < 1.29 is 89.5 Å². The Morgan fingerprint density at radius 2 is 1.24 bits per heavy atom. The van der Waals surface area contributed by atoms with Crippen molar-refractivity contribution in [1.82, 2.24) is 5.32 Å². The standard InChI is InChI=1S/C49H75NO18/c1-28-18-16-14-12-10-8-6-7-9-11-13-15-17-19-36(67-48-46(61)43(50-32(5)51)45(60)31(4)66-48)25-40-42(47(62)63)39(57)27-49(64,68-40)26-35(54)23-38(56)37(55)21-20-33(52)22-34(53)24-41(58)65-30(3)29(2)44(28)59/h6-19,28-31,33-40,42-46,48,52-57,59-61,64H,20-27H2,1-5H3,(H,50,51)(H,62,63)/b7-6+,10-8+,11-9+,14-12-,15-13+,18-16+,19-17+/t28-,29-,30-,31?,33+,34+,35-,36-,37+,38+,39-,40-,42+,43?,44+,45?,46?,48?,49+/m0/s1. The van der Waals surface area contributed by atoms with E-state index in [1.807, 2.05) is 13.0 Å². The molecule has 0 spiro atoms. The molecule has 19 nitrogen and oxygen atoms in total. The van der Waals surface area contributed by atoms with E-state index in [-0.39, 0.29) is 31.6 Å². The molecule has 2 bridgehead atoms. The van der Waals surface area contributed by atoms with Crippen molar-refractivity contribution in [3.05, 3.63) is 85.1 Å². The maximum atomic E-state index is 12.6. The number of esters is 1. The van der Waals surface area contributed by atoms with E-state index in [9.17, 15) is 70.6 Å². The van der Waals surface area contributed by atoms with Crippen molar-refractivity contribution in [1.29, 1.82) is 0 Å². The molecule has 2 fully saturated rings. The smallest absolute Gasteiger partial charge is 0.311 e. The Balaban J connectivity index is 1.90. The van der Waals surface area contributed by atoms with Gasteiger partial charge in [-0.1, -0.05) is 98.9 Å². The summed E-state index contributed by atoms with van der Waals surface area (Å²) >= 11 is 0. The zero-order valence-corrected chi connectivity index (χ0v) is 39.4. The first kappa shape index (κ1) is 58.4. The molecule has 0 aromatic heterocycles. The fourth-order valence-electron chi connectivity index (χ4n) is 8.34. The summed E-state index contributed by atoms with van der Waals surface area (Å²) in [6, 6.07) is -1.21. The van der Waals surface area contributed by atoms with E-state index in [2.05, 4.69) is 5.32 Å². The summed E-state index contributed by atoms with van der Waals surface area (Å²) in [6.07, 6.45) is 2.48. The van der Waals surface area contributed by atoms with Crippen LogP contribution in [0.25, 0.3) is 0 Å². The largest absolute Gasteiger partial charge is 0.481 e. The van der Waals surface area contributed by atoms with Gasteiger partial charge >= 0.3 is 11.9 Å². The third kappa shape index (κ3) is 19.5. The lowest BCUT2D eigenvalue weighted by atomic mass is 9.82. The van der Waals surface area contributed by atoms with Gasteiger partial charge in [-0.15, -0.1) is 0 Å². The van der Waals surface area contributed by atoms with E-state index in [1.54, 1.807) is 86.8 Å². The number of carboxylic acids is 1. The summed E-state index contributed by atoms with van der Waals surface area (Å²) in [5.41, 5.74) is 0. The van der Waals surface area contributed by atoms with Crippen LogP contribution in [-0.2, 0) is 33.3 Å². The Hall–Kier alpha value is -3.93. The number of fused-ring (bicyclic) bond motifs is 2. The van der Waals surface area contributed by atoms with Gasteiger partial charge in [0.15, 0.2) is 12.1 Å². The number of nitrogens with one attached hydrogen (secondary N) is 1. The molecule has 3 aliphatic rings. The van der Waals surface area contributed by atoms with Crippen LogP contribution >= 0.6 is 0 Å². The van der Waals surface area contributed by atoms with Gasteiger partial charge < -0.3 is 80.4 Å². The summed E-state index contributed by atoms with van der Waals surface area (Å²) in [6.45, 7) is 7.90. The van der Waals surface area contributed by atoms with Crippen molar-refractivity contribution in [3.8, 4) is 0 Å². The fraction of sp³-hybridized carbons (Fsp3) is 0.653. The number of aliphatic carboxylic acids is 1. The summed E-state index contributed by atoms with van der Waals surface area (Å²) in [7, 11) is 0. The minimum absolute atomic E-state index is 0.119. The summed E-state index contributed by atoms with van der Waals surface area (Å²) in [4.78, 5) is 37.1. The van der Waals surface area contributed by atoms with Crippen molar-refractivity contribution in [2.45, 2.75) is 183 Å². The molecule has 19 heteroatoms. The van der Waals surface area contributed by atoms with Crippen LogP contribution in [0, 0.1) is 17.8 Å². The van der Waals surface area contributed by atoms with Crippen LogP contribution in [0.3, 0.4) is 0 Å². The van der Waals surface area contributed by atoms with E-state index in [4.69, 9.17) is 18.9 Å². The second kappa shape index (κ2) is 28.7. The lowest BCUT2D eigenvalue weighted by Gasteiger charge is -2.45. The monoisotopic (exact) mass is 965 g/mol. The van der Waals surface area contributed by atoms with Gasteiger partial charge in [-0.3, -0.25) is 14.4 Å². The number of amides is 1. The average molecular weight is 966 g/mol. The topological polar surface area (TPSA) is 323 Å². The molecule has 3 aliphatic heterocycles. The number of rotatable bonds is 4. The average Bonchev–Trinajstić information content (AvgIpc) is 3.24. The SMILES string of the molecule is CC(=O)NC1C(O)C(C)OC(O[C@H]2/C=C/C=C/C=C/C=C/C=C/C=C\C=C\[C@H](C)[C@@H](O)[C@@H](C)[C@H](C)OC(=O)C[C@H](O)C[C@H](O)CC[C@@H](O)[C@H](O)C[C@H](O)C[C@]3(O)C[C@H](O)[C@@H](C(=O)O)[C@H](C2)O3)C1O. The Morgan fingerprint density at radius 1 is 0.662 bits per heavy atom. The molecular formula is C49H75NO18. The number of ether oxygens (including phenoxy) is 4. The summed E-state index contributed by atoms with van der Waals surface area (Å²) < 4.78 is 23.3. The molecule has 0 radical (unpaired) electrons. The number of cyclic esters (lactones) is 1. The van der Waals surface area contributed by atoms with Crippen LogP contribution < -0.4 is 5.32 Å². The fourth-order valence-corrected chi connectivity index (χ4v) is 8.34. The lowest BCUT2D eigenvalue weighted by Crippen LogP contribution is -2.64. The minimum atomic E-state index is -2.36. The van der Waals surface area contributed by atoms with Crippen LogP contribution in [-0.4, -0.2) is 171 Å². The highest BCUT2D eigenvalue weighted by molar-refractivity contribution is 5.73. The van der Waals surface area contributed by atoms with E-state index < -0.39 is 153 Å². The second-order valence-electron chi connectivity index (χ2n) is 18.2. The first-order valence-corrected chi connectivity index (χ1v) is 23.2. The molecule has 0 aromatic carbocycles. The molecular weight excluding hydrogens is 891 g/mol. The zero-order valence-electron chi connectivity index (χ0n) is 39.4. The number of hydrogen-bond donors (Lipinski definition) is 12. The van der Waals surface area contributed by atoms with Crippen molar-refractivity contribution >= 4 is 17.8 Å². The maximum absolute atomic E-state index is 12.6. The van der Waals surface area contributed by atoms with E-state index in [0.717, 1.165) is 0 Å². The van der Waals surface area contributed by atoms with Crippen LogP contribution in [0.1, 0.15) is 86.0 Å². The van der Waals surface area contributed by atoms with Gasteiger partial charge in [0.2, 0.25) is 5.91 Å². The summed E-state index contributed by atoms with van der Waals surface area (Å²) in [5, 5.41) is 122. The zero-order chi connectivity index (χ0) is 50.7. The molecule has 0 aromatic rings. The van der Waals surface area contributed by atoms with Gasteiger partial charge in [0, 0.05) is 44.4 Å². The van der Waals surface area contributed by atoms with E-state index in [1.165, 1.54) is 19.9 Å². The molecule has 0 aliphatic carbocycles. The highest BCUT2D eigenvalue weighted by atomic mass is 16.7. The third-order valence-electron chi connectivity index (χ3n) is 12.3. The van der Waals surface area contributed by atoms with Crippen LogP contribution in [0.2, 0.25) is 0 Å². The molecule has 3 heterocycles. The summed E-state index contributed by atoms with van der Waals surface area (Å²) in [5.74, 6) is -7.49. The predicted molar refractivity (Wildman–Crippen MR) is 247 cm³/mol. The molecule has 68 heavy (non-hydrogen) atoms. The second-order valence-corrected chi connectivity index (χ2v) is 18.2. The highest BCUT2D eigenvalue weighted by Gasteiger charge is 2.51. The number of carbonyl (C=O) groups excluding carboxylic acids is 2. The van der Waals surface area contributed by atoms with Crippen molar-refractivity contribution in [3.63, 3.8) is 0 Å². The van der Waals surface area contributed by atoms with E-state index >= 15 is 0 Å². The predicted octanol–water partition coefficient (Wildman–Crippen LogP) is 0.889. The Bertz CT molecular complexity index is 1780. The van der Waals surface area contributed by atoms with Crippen LogP contribution in [0.15, 0.2) is 85.1 Å². The lowest BCUT2D eigenvalue weighted by molar-refractivity contribution is -0.309. The van der Waals surface area contributed by atoms with Crippen molar-refractivity contribution in [2.24, 2.45) is 17.8 Å². The Labute approximate surface area is 398 Å². The first-order chi connectivity index (χ1) is 32.0. The molecule has 12 N–H and O–H groups in total. The number of carboxylic acid groups (broad SMARTS) is 1. The molecule has 384 valence electrons. The third-order valence-corrected chi connectivity index (χ3v) is 12.3. The van der Waals surface area contributed by atoms with Gasteiger partial charge in [-0.2, -0.15) is 0 Å². The molecule has 5 unspecified atom stereocenters. The molecule has 2 saturated heterocycles. The quantitative estimate of drug-likeness (QED) is 0.174. The normalized spacial score (nSPS) is 43.9. The van der Waals surface area contributed by atoms with Gasteiger partial charge in [0.05, 0.1) is 73.5 Å². The number of allylic oxidation sites excluding steroid dienone is 12. The van der Waals surface area contributed by atoms with Crippen LogP contribution in [0.5, 0.6) is 0 Å². The Kier molecular flexibility index (Phi) is 24.6. The number of carbonyl (C=O) groups is 3. The van der Waals surface area contributed by atoms with E-state index in [0.29, 0.717) is 0 Å². The molecule has 19 atom stereocenters. The molecule has 3 rings (SSSR count). The number of aliphatic hydroxyl groups excluding tert-OH is 9.